The van der Waals surface area contributed by atoms with Gasteiger partial charge in [0, 0.05) is 20.2 Å². The summed E-state index contributed by atoms with van der Waals surface area (Å²) in [4.78, 5) is 12.4. The normalized spacial score (nSPS) is 11.2. The topological polar surface area (TPSA) is 17.1 Å². The van der Waals surface area contributed by atoms with Gasteiger partial charge in [-0.3, -0.25) is 4.79 Å². The van der Waals surface area contributed by atoms with Crippen molar-refractivity contribution in [2.24, 2.45) is 0 Å². The number of fused-ring (bicyclic) bond motifs is 2. The number of hydrogen-bond donors (Lipinski definition) is 0. The predicted molar refractivity (Wildman–Crippen MR) is 75.1 cm³/mol. The van der Waals surface area contributed by atoms with Gasteiger partial charge < -0.3 is 0 Å². The molecule has 0 aliphatic rings. The Morgan fingerprint density at radius 3 is 2.59 bits per heavy atom. The number of hydrogen-bond acceptors (Lipinski definition) is 2. The van der Waals surface area contributed by atoms with Crippen LogP contribution in [0.4, 0.5) is 0 Å². The van der Waals surface area contributed by atoms with Gasteiger partial charge in [-0.2, -0.15) is 0 Å². The zero-order valence-electron chi connectivity index (χ0n) is 9.78. The summed E-state index contributed by atoms with van der Waals surface area (Å²) in [5.74, 6) is 0. The van der Waals surface area contributed by atoms with Gasteiger partial charge in [-0.05, 0) is 43.2 Å². The van der Waals surface area contributed by atoms with E-state index < -0.39 is 0 Å². The molecule has 1 heterocycles. The van der Waals surface area contributed by atoms with Crippen LogP contribution in [0.2, 0.25) is 0 Å². The third-order valence-corrected chi connectivity index (χ3v) is 4.14. The average Bonchev–Trinajstić information content (AvgIpc) is 2.28. The quantitative estimate of drug-likeness (QED) is 0.542. The van der Waals surface area contributed by atoms with Crippen LogP contribution in [0.25, 0.3) is 20.2 Å². The largest absolute Gasteiger partial charge is 0.288 e. The lowest BCUT2D eigenvalue weighted by molar-refractivity contribution is 1.43. The van der Waals surface area contributed by atoms with Crippen molar-refractivity contribution in [3.05, 3.63) is 57.7 Å². The average molecular weight is 240 g/mol. The van der Waals surface area contributed by atoms with Crippen molar-refractivity contribution in [1.29, 1.82) is 0 Å². The summed E-state index contributed by atoms with van der Waals surface area (Å²) in [6, 6.07) is 12.0. The van der Waals surface area contributed by atoms with E-state index >= 15 is 0 Å². The second-order valence-electron chi connectivity index (χ2n) is 4.38. The summed E-state index contributed by atoms with van der Waals surface area (Å²) in [6.45, 7) is 4.08. The van der Waals surface area contributed by atoms with Crippen LogP contribution in [-0.2, 0) is 0 Å². The maximum atomic E-state index is 12.4. The maximum absolute atomic E-state index is 12.4. The van der Waals surface area contributed by atoms with Gasteiger partial charge in [0.2, 0.25) is 0 Å². The Balaban J connectivity index is 2.64. The highest BCUT2D eigenvalue weighted by atomic mass is 32.1. The first-order valence-electron chi connectivity index (χ1n) is 5.59. The van der Waals surface area contributed by atoms with Crippen molar-refractivity contribution in [1.82, 2.24) is 0 Å². The zero-order chi connectivity index (χ0) is 12.0. The van der Waals surface area contributed by atoms with Gasteiger partial charge in [-0.1, -0.05) is 18.2 Å². The Hall–Kier alpha value is -1.67. The van der Waals surface area contributed by atoms with Crippen molar-refractivity contribution < 1.29 is 0 Å². The van der Waals surface area contributed by atoms with Crippen molar-refractivity contribution in [2.75, 3.05) is 0 Å². The lowest BCUT2D eigenvalue weighted by Crippen LogP contribution is -2.02. The van der Waals surface area contributed by atoms with Gasteiger partial charge in [0.05, 0.1) is 0 Å². The molecule has 0 atom stereocenters. The van der Waals surface area contributed by atoms with Gasteiger partial charge in [-0.15, -0.1) is 11.3 Å². The van der Waals surface area contributed by atoms with Crippen molar-refractivity contribution in [3.8, 4) is 0 Å². The highest BCUT2D eigenvalue weighted by molar-refractivity contribution is 7.24. The Kier molecular flexibility index (Phi) is 2.26. The van der Waals surface area contributed by atoms with Crippen LogP contribution in [0, 0.1) is 13.8 Å². The molecule has 84 valence electrons. The monoisotopic (exact) mass is 240 g/mol. The molecule has 1 aromatic heterocycles. The minimum atomic E-state index is 0.159. The summed E-state index contributed by atoms with van der Waals surface area (Å²) in [7, 11) is 0. The number of aryl methyl sites for hydroxylation is 2. The van der Waals surface area contributed by atoms with Crippen molar-refractivity contribution >= 4 is 31.5 Å². The Morgan fingerprint density at radius 2 is 1.76 bits per heavy atom. The lowest BCUT2D eigenvalue weighted by atomic mass is 10.1. The molecule has 0 spiro atoms. The van der Waals surface area contributed by atoms with Crippen LogP contribution in [0.1, 0.15) is 11.1 Å². The van der Waals surface area contributed by atoms with Crippen LogP contribution in [0.5, 0.6) is 0 Å². The molecular formula is C15H12OS. The first-order chi connectivity index (χ1) is 8.16. The number of benzene rings is 2. The van der Waals surface area contributed by atoms with E-state index in [9.17, 15) is 4.79 Å². The lowest BCUT2D eigenvalue weighted by Gasteiger charge is -2.05. The van der Waals surface area contributed by atoms with E-state index in [4.69, 9.17) is 0 Å². The molecule has 0 N–H and O–H groups in total. The molecule has 1 nitrogen and oxygen atoms in total. The van der Waals surface area contributed by atoms with Gasteiger partial charge in [0.15, 0.2) is 5.43 Å². The Bertz CT molecular complexity index is 784. The fraction of sp³-hybridized carbons (Fsp3) is 0.133. The van der Waals surface area contributed by atoms with Crippen molar-refractivity contribution in [2.45, 2.75) is 13.8 Å². The highest BCUT2D eigenvalue weighted by Gasteiger charge is 2.08. The molecule has 3 rings (SSSR count). The van der Waals surface area contributed by atoms with Gasteiger partial charge >= 0.3 is 0 Å². The van der Waals surface area contributed by atoms with Gasteiger partial charge in [0.25, 0.3) is 0 Å². The molecule has 3 aromatic rings. The molecule has 0 aliphatic carbocycles. The van der Waals surface area contributed by atoms with Crippen LogP contribution in [-0.4, -0.2) is 0 Å². The summed E-state index contributed by atoms with van der Waals surface area (Å²) in [6.07, 6.45) is 0. The van der Waals surface area contributed by atoms with Crippen LogP contribution < -0.4 is 5.43 Å². The van der Waals surface area contributed by atoms with Crippen molar-refractivity contribution in [3.63, 3.8) is 0 Å². The SMILES string of the molecule is Cc1cc(C)c2c(=O)c3ccccc3sc2c1. The van der Waals surface area contributed by atoms with E-state index in [0.29, 0.717) is 0 Å². The summed E-state index contributed by atoms with van der Waals surface area (Å²) in [5, 5.41) is 1.70. The van der Waals surface area contributed by atoms with E-state index in [1.165, 1.54) is 5.56 Å². The minimum Gasteiger partial charge on any atom is -0.288 e. The Labute approximate surface area is 103 Å². The third-order valence-electron chi connectivity index (χ3n) is 3.02. The van der Waals surface area contributed by atoms with Gasteiger partial charge in [-0.25, -0.2) is 0 Å². The summed E-state index contributed by atoms with van der Waals surface area (Å²) in [5.41, 5.74) is 2.44. The second kappa shape index (κ2) is 3.67. The standard InChI is InChI=1S/C15H12OS/c1-9-7-10(2)14-13(8-9)17-12-6-4-3-5-11(12)15(14)16/h3-8H,1-2H3. The summed E-state index contributed by atoms with van der Waals surface area (Å²) < 4.78 is 2.15. The highest BCUT2D eigenvalue weighted by Crippen LogP contribution is 2.27. The third kappa shape index (κ3) is 1.56. The molecular weight excluding hydrogens is 228 g/mol. The van der Waals surface area contributed by atoms with E-state index in [1.54, 1.807) is 11.3 Å². The van der Waals surface area contributed by atoms with E-state index in [0.717, 1.165) is 25.7 Å². The zero-order valence-corrected chi connectivity index (χ0v) is 10.6. The molecule has 17 heavy (non-hydrogen) atoms. The first kappa shape index (κ1) is 10.5. The molecule has 2 aromatic carbocycles. The summed E-state index contributed by atoms with van der Waals surface area (Å²) >= 11 is 1.69. The molecule has 0 saturated heterocycles. The fourth-order valence-corrected chi connectivity index (χ4v) is 3.55. The van der Waals surface area contributed by atoms with Crippen LogP contribution in [0.3, 0.4) is 0 Å². The Morgan fingerprint density at radius 1 is 1.00 bits per heavy atom. The van der Waals surface area contributed by atoms with Gasteiger partial charge in [0.1, 0.15) is 0 Å². The second-order valence-corrected chi connectivity index (χ2v) is 5.47. The molecule has 0 amide bonds. The van der Waals surface area contributed by atoms with E-state index in [1.807, 2.05) is 31.2 Å². The van der Waals surface area contributed by atoms with Crippen LogP contribution >= 0.6 is 11.3 Å². The number of rotatable bonds is 0. The minimum absolute atomic E-state index is 0.159. The molecule has 0 saturated carbocycles. The molecule has 0 fully saturated rings. The molecule has 0 bridgehead atoms. The fourth-order valence-electron chi connectivity index (χ4n) is 2.30. The maximum Gasteiger partial charge on any atom is 0.196 e. The van der Waals surface area contributed by atoms with Crippen LogP contribution in [0.15, 0.2) is 41.2 Å². The first-order valence-corrected chi connectivity index (χ1v) is 6.41. The molecule has 2 heteroatoms. The molecule has 0 radical (unpaired) electrons. The predicted octanol–water partition coefficient (Wildman–Crippen LogP) is 4.03. The van der Waals surface area contributed by atoms with E-state index in [-0.39, 0.29) is 5.43 Å². The smallest absolute Gasteiger partial charge is 0.196 e. The van der Waals surface area contributed by atoms with E-state index in [2.05, 4.69) is 19.1 Å². The molecule has 0 aliphatic heterocycles. The molecule has 0 unspecified atom stereocenters.